The molecular formula is C18H23N3O2. The van der Waals surface area contributed by atoms with Gasteiger partial charge in [-0.1, -0.05) is 30.3 Å². The van der Waals surface area contributed by atoms with E-state index in [0.717, 1.165) is 38.0 Å². The average molecular weight is 313 g/mol. The van der Waals surface area contributed by atoms with Gasteiger partial charge in [-0.25, -0.2) is 4.98 Å². The summed E-state index contributed by atoms with van der Waals surface area (Å²) in [5.41, 5.74) is 1.09. The Bertz CT molecular complexity index is 598. The van der Waals surface area contributed by atoms with Crippen LogP contribution >= 0.6 is 0 Å². The topological polar surface area (TPSA) is 47.4 Å². The number of hydrogen-bond donors (Lipinski definition) is 0. The minimum absolute atomic E-state index is 0.0938. The molecule has 0 spiro atoms. The van der Waals surface area contributed by atoms with E-state index in [-0.39, 0.29) is 12.5 Å². The van der Waals surface area contributed by atoms with Gasteiger partial charge in [0.2, 0.25) is 5.91 Å². The number of imidazole rings is 1. The second kappa shape index (κ2) is 7.92. The van der Waals surface area contributed by atoms with Crippen LogP contribution in [-0.2, 0) is 22.7 Å². The number of likely N-dealkylation sites (tertiary alicyclic amines) is 1. The highest BCUT2D eigenvalue weighted by Crippen LogP contribution is 2.18. The van der Waals surface area contributed by atoms with E-state index >= 15 is 0 Å². The van der Waals surface area contributed by atoms with Crippen molar-refractivity contribution in [1.29, 1.82) is 0 Å². The molecule has 1 aromatic heterocycles. The second-order valence-electron chi connectivity index (χ2n) is 6.09. The van der Waals surface area contributed by atoms with Crippen molar-refractivity contribution in [1.82, 2.24) is 14.5 Å². The van der Waals surface area contributed by atoms with E-state index in [2.05, 4.69) is 9.55 Å². The van der Waals surface area contributed by atoms with Gasteiger partial charge in [0.15, 0.2) is 0 Å². The van der Waals surface area contributed by atoms with E-state index in [1.54, 1.807) is 6.20 Å². The number of carbonyl (C=O) groups excluding carboxylic acids is 1. The summed E-state index contributed by atoms with van der Waals surface area (Å²) in [5, 5.41) is 0. The lowest BCUT2D eigenvalue weighted by Gasteiger charge is -2.33. The Morgan fingerprint density at radius 2 is 2.17 bits per heavy atom. The average Bonchev–Trinajstić information content (AvgIpc) is 3.09. The number of benzene rings is 1. The molecule has 0 radical (unpaired) electrons. The van der Waals surface area contributed by atoms with Gasteiger partial charge in [0.25, 0.3) is 0 Å². The number of rotatable bonds is 6. The smallest absolute Gasteiger partial charge is 0.248 e. The van der Waals surface area contributed by atoms with Crippen LogP contribution in [-0.4, -0.2) is 40.1 Å². The van der Waals surface area contributed by atoms with Gasteiger partial charge in [-0.15, -0.1) is 0 Å². The van der Waals surface area contributed by atoms with E-state index in [9.17, 15) is 4.79 Å². The minimum Gasteiger partial charge on any atom is -0.367 e. The summed E-state index contributed by atoms with van der Waals surface area (Å²) in [6.07, 6.45) is 7.83. The van der Waals surface area contributed by atoms with Gasteiger partial charge in [-0.05, 0) is 24.3 Å². The van der Waals surface area contributed by atoms with Crippen LogP contribution in [0.25, 0.3) is 0 Å². The summed E-state index contributed by atoms with van der Waals surface area (Å²) in [7, 11) is 0. The summed E-state index contributed by atoms with van der Waals surface area (Å²) in [5.74, 6) is 0.590. The van der Waals surface area contributed by atoms with Crippen LogP contribution in [0.4, 0.5) is 0 Å². The summed E-state index contributed by atoms with van der Waals surface area (Å²) in [4.78, 5) is 18.3. The second-order valence-corrected chi connectivity index (χ2v) is 6.09. The van der Waals surface area contributed by atoms with Gasteiger partial charge < -0.3 is 14.2 Å². The zero-order valence-electron chi connectivity index (χ0n) is 13.3. The normalized spacial score (nSPS) is 18.1. The van der Waals surface area contributed by atoms with Crippen molar-refractivity contribution in [3.63, 3.8) is 0 Å². The molecule has 1 atom stereocenters. The maximum atomic E-state index is 12.3. The lowest BCUT2D eigenvalue weighted by Crippen LogP contribution is -2.42. The molecule has 5 heteroatoms. The predicted octanol–water partition coefficient (Wildman–Crippen LogP) is 2.34. The predicted molar refractivity (Wildman–Crippen MR) is 87.6 cm³/mol. The van der Waals surface area contributed by atoms with E-state index < -0.39 is 0 Å². The van der Waals surface area contributed by atoms with Crippen LogP contribution in [0.15, 0.2) is 49.1 Å². The summed E-state index contributed by atoms with van der Waals surface area (Å²) < 4.78 is 7.66. The monoisotopic (exact) mass is 313 g/mol. The summed E-state index contributed by atoms with van der Waals surface area (Å²) in [6, 6.07) is 9.94. The first-order valence-electron chi connectivity index (χ1n) is 8.16. The molecule has 1 amide bonds. The number of aromatic nitrogens is 2. The first-order chi connectivity index (χ1) is 11.3. The highest BCUT2D eigenvalue weighted by atomic mass is 16.5. The van der Waals surface area contributed by atoms with Gasteiger partial charge in [-0.2, -0.15) is 0 Å². The molecule has 0 N–H and O–H groups in total. The van der Waals surface area contributed by atoms with Crippen molar-refractivity contribution >= 4 is 5.91 Å². The molecule has 1 fully saturated rings. The van der Waals surface area contributed by atoms with Gasteiger partial charge >= 0.3 is 0 Å². The van der Waals surface area contributed by atoms with E-state index in [1.807, 2.05) is 47.8 Å². The van der Waals surface area contributed by atoms with Crippen LogP contribution in [0.5, 0.6) is 0 Å². The van der Waals surface area contributed by atoms with Crippen LogP contribution in [0.2, 0.25) is 0 Å². The van der Waals surface area contributed by atoms with Gasteiger partial charge in [-0.3, -0.25) is 4.79 Å². The first-order valence-corrected chi connectivity index (χ1v) is 8.16. The molecule has 0 bridgehead atoms. The highest BCUT2D eigenvalue weighted by molar-refractivity contribution is 5.77. The number of piperidine rings is 1. The third-order valence-electron chi connectivity index (χ3n) is 4.24. The van der Waals surface area contributed by atoms with Crippen molar-refractivity contribution in [2.75, 3.05) is 19.7 Å². The Morgan fingerprint density at radius 1 is 1.30 bits per heavy atom. The van der Waals surface area contributed by atoms with Gasteiger partial charge in [0, 0.05) is 32.0 Å². The standard InChI is InChI=1S/C18H23N3O2/c22-18(14-23-13-16-5-2-1-3-6-16)21-9-4-7-17(12-21)11-20-10-8-19-15-20/h1-3,5-6,8,10,15,17H,4,7,9,11-14H2/t17-/m0/s1. The van der Waals surface area contributed by atoms with Crippen LogP contribution in [0.1, 0.15) is 18.4 Å². The molecule has 1 aliphatic rings. The SMILES string of the molecule is O=C(COCc1ccccc1)N1CCC[C@@H](Cn2ccnc2)C1. The number of carbonyl (C=O) groups is 1. The van der Waals surface area contributed by atoms with Crippen molar-refractivity contribution in [3.8, 4) is 0 Å². The molecule has 122 valence electrons. The lowest BCUT2D eigenvalue weighted by atomic mass is 9.98. The van der Waals surface area contributed by atoms with Gasteiger partial charge in [0.05, 0.1) is 12.9 Å². The van der Waals surface area contributed by atoms with Crippen LogP contribution in [0.3, 0.4) is 0 Å². The van der Waals surface area contributed by atoms with Crippen molar-refractivity contribution in [2.24, 2.45) is 5.92 Å². The maximum absolute atomic E-state index is 12.3. The minimum atomic E-state index is 0.0938. The maximum Gasteiger partial charge on any atom is 0.248 e. The molecule has 1 aromatic carbocycles. The largest absolute Gasteiger partial charge is 0.367 e. The van der Waals surface area contributed by atoms with Crippen molar-refractivity contribution in [2.45, 2.75) is 26.0 Å². The van der Waals surface area contributed by atoms with E-state index in [1.165, 1.54) is 0 Å². The fraction of sp³-hybridized carbons (Fsp3) is 0.444. The fourth-order valence-electron chi connectivity index (χ4n) is 3.06. The van der Waals surface area contributed by atoms with E-state index in [4.69, 9.17) is 4.74 Å². The fourth-order valence-corrected chi connectivity index (χ4v) is 3.06. The van der Waals surface area contributed by atoms with Crippen LogP contribution in [0, 0.1) is 5.92 Å². The highest BCUT2D eigenvalue weighted by Gasteiger charge is 2.23. The first kappa shape index (κ1) is 15.7. The number of amides is 1. The van der Waals surface area contributed by atoms with Crippen molar-refractivity contribution in [3.05, 3.63) is 54.6 Å². The zero-order chi connectivity index (χ0) is 15.9. The molecular weight excluding hydrogens is 290 g/mol. The molecule has 5 nitrogen and oxygen atoms in total. The zero-order valence-corrected chi connectivity index (χ0v) is 13.3. The Hall–Kier alpha value is -2.14. The third-order valence-corrected chi connectivity index (χ3v) is 4.24. The lowest BCUT2D eigenvalue weighted by molar-refractivity contribution is -0.138. The number of hydrogen-bond acceptors (Lipinski definition) is 3. The quantitative estimate of drug-likeness (QED) is 0.822. The molecule has 0 saturated carbocycles. The number of nitrogens with zero attached hydrogens (tertiary/aromatic N) is 3. The van der Waals surface area contributed by atoms with Crippen LogP contribution < -0.4 is 0 Å². The molecule has 2 aromatic rings. The van der Waals surface area contributed by atoms with E-state index in [0.29, 0.717) is 12.5 Å². The Morgan fingerprint density at radius 3 is 2.96 bits per heavy atom. The number of ether oxygens (including phenoxy) is 1. The molecule has 2 heterocycles. The third kappa shape index (κ3) is 4.66. The van der Waals surface area contributed by atoms with Crippen molar-refractivity contribution < 1.29 is 9.53 Å². The Labute approximate surface area is 136 Å². The summed E-state index contributed by atoms with van der Waals surface area (Å²) in [6.45, 7) is 3.22. The molecule has 1 aliphatic heterocycles. The molecule has 3 rings (SSSR count). The molecule has 0 unspecified atom stereocenters. The Balaban J connectivity index is 1.43. The Kier molecular flexibility index (Phi) is 5.42. The molecule has 0 aliphatic carbocycles. The van der Waals surface area contributed by atoms with Gasteiger partial charge in [0.1, 0.15) is 6.61 Å². The molecule has 23 heavy (non-hydrogen) atoms. The summed E-state index contributed by atoms with van der Waals surface area (Å²) >= 11 is 0. The molecule has 1 saturated heterocycles.